The molecule has 0 saturated carbocycles. The fourth-order valence-corrected chi connectivity index (χ4v) is 1.00. The fourth-order valence-electron chi connectivity index (χ4n) is 1.00. The molecule has 20 heavy (non-hydrogen) atoms. The van der Waals surface area contributed by atoms with Crippen molar-refractivity contribution in [1.29, 1.82) is 0 Å². The number of aliphatic hydroxyl groups is 1. The van der Waals surface area contributed by atoms with Crippen LogP contribution in [0.25, 0.3) is 0 Å². The molecule has 0 aliphatic carbocycles. The van der Waals surface area contributed by atoms with Gasteiger partial charge in [-0.1, -0.05) is 44.4 Å². The number of aldehydes is 1. The summed E-state index contributed by atoms with van der Waals surface area (Å²) >= 11 is 0. The molecule has 0 unspecified atom stereocenters. The number of allylic oxidation sites excluding steroid dienone is 3. The van der Waals surface area contributed by atoms with Crippen LogP contribution in [0, 0.1) is 20.0 Å². The quantitative estimate of drug-likeness (QED) is 0.148. The molecule has 0 aliphatic rings. The smallest absolute Gasteiger partial charge is 0 e. The maximum absolute atomic E-state index is 9.88. The van der Waals surface area contributed by atoms with Crippen LogP contribution in [0.5, 0.6) is 0 Å². The van der Waals surface area contributed by atoms with E-state index < -0.39 is 0 Å². The molecule has 0 aromatic heterocycles. The van der Waals surface area contributed by atoms with Crippen molar-refractivity contribution in [3.8, 4) is 0 Å². The Morgan fingerprint density at radius 1 is 1.00 bits per heavy atom. The summed E-state index contributed by atoms with van der Waals surface area (Å²) in [5, 5.41) is 9.37. The molecule has 0 radical (unpaired) electrons. The molecule has 0 aromatic rings. The van der Waals surface area contributed by atoms with Gasteiger partial charge in [0.05, 0.1) is 6.10 Å². The molecule has 6 heteroatoms. The largest absolute Gasteiger partial charge is 0 e. The van der Waals surface area contributed by atoms with Gasteiger partial charge >= 0.3 is 33.9 Å². The van der Waals surface area contributed by atoms with Crippen molar-refractivity contribution >= 4 is 6.29 Å². The molecule has 0 bridgehead atoms. The van der Waals surface area contributed by atoms with E-state index in [2.05, 4.69) is 26.9 Å². The van der Waals surface area contributed by atoms with Gasteiger partial charge in [0, 0.05) is 17.1 Å². The zero-order valence-electron chi connectivity index (χ0n) is 11.2. The van der Waals surface area contributed by atoms with Gasteiger partial charge in [-0.2, -0.15) is 0 Å². The number of carbonyl (C=O) groups excluding carboxylic acids is 1. The normalized spacial score (nSPS) is 9.40. The molecule has 112 valence electrons. The third-order valence-electron chi connectivity index (χ3n) is 1.74. The number of rotatable bonds is 7. The SMILES string of the molecule is CCCCC[C@H](O)/C=C/C=C/C=O.[C-]#[O+].[C-]#[O+].[C-]#[O+].[Fe]. The Bertz CT molecular complexity index is 265. The Hall–Kier alpha value is -1.15. The average molecular weight is 322 g/mol. The minimum Gasteiger partial charge on any atom is 0 e. The van der Waals surface area contributed by atoms with Crippen molar-refractivity contribution in [1.82, 2.24) is 0 Å². The molecule has 0 spiro atoms. The van der Waals surface area contributed by atoms with Crippen LogP contribution in [-0.2, 0) is 35.8 Å². The Labute approximate surface area is 130 Å². The maximum Gasteiger partial charge on any atom is 0 e. The van der Waals surface area contributed by atoms with Gasteiger partial charge in [-0.15, -0.1) is 0 Å². The van der Waals surface area contributed by atoms with E-state index in [4.69, 9.17) is 14.0 Å². The van der Waals surface area contributed by atoms with Gasteiger partial charge < -0.3 is 5.11 Å². The standard InChI is InChI=1S/C11H18O2.3CO.Fe/c1-2-3-5-8-11(13)9-6-4-7-10-12;3*1-2;/h4,6-7,9-11,13H,2-3,5,8H2,1H3;;;;/b7-4+,9-6+;;;;/t11-;;;;/m0..../s1. The second kappa shape index (κ2) is 43.1. The molecule has 0 rings (SSSR count). The van der Waals surface area contributed by atoms with E-state index in [-0.39, 0.29) is 23.2 Å². The van der Waals surface area contributed by atoms with Crippen molar-refractivity contribution in [2.75, 3.05) is 0 Å². The molecule has 5 nitrogen and oxygen atoms in total. The second-order valence-electron chi connectivity index (χ2n) is 2.97. The number of unbranched alkanes of at least 4 members (excludes halogenated alkanes) is 2. The van der Waals surface area contributed by atoms with Crippen LogP contribution in [-0.4, -0.2) is 17.5 Å². The predicted molar refractivity (Wildman–Crippen MR) is 66.3 cm³/mol. The van der Waals surface area contributed by atoms with Crippen LogP contribution in [0.3, 0.4) is 0 Å². The summed E-state index contributed by atoms with van der Waals surface area (Å²) in [6.45, 7) is 15.6. The Balaban J connectivity index is -0.0000000940. The molecular formula is C14H18FeO5. The molecule has 1 atom stereocenters. The first-order chi connectivity index (χ1) is 9.31. The number of hydrogen-bond acceptors (Lipinski definition) is 2. The molecule has 0 heterocycles. The molecule has 0 amide bonds. The molecule has 0 aliphatic heterocycles. The van der Waals surface area contributed by atoms with E-state index in [1.54, 1.807) is 18.2 Å². The minimum absolute atomic E-state index is 0. The van der Waals surface area contributed by atoms with Crippen LogP contribution >= 0.6 is 0 Å². The van der Waals surface area contributed by atoms with E-state index in [1.165, 1.54) is 12.5 Å². The summed E-state index contributed by atoms with van der Waals surface area (Å²) in [7, 11) is 0. The van der Waals surface area contributed by atoms with Gasteiger partial charge in [0.25, 0.3) is 0 Å². The second-order valence-corrected chi connectivity index (χ2v) is 2.97. The monoisotopic (exact) mass is 322 g/mol. The Morgan fingerprint density at radius 3 is 1.90 bits per heavy atom. The van der Waals surface area contributed by atoms with Crippen LogP contribution in [0.1, 0.15) is 32.6 Å². The van der Waals surface area contributed by atoms with E-state index in [1.807, 2.05) is 0 Å². The van der Waals surface area contributed by atoms with E-state index in [9.17, 15) is 9.90 Å². The number of hydrogen-bond donors (Lipinski definition) is 1. The first-order valence-corrected chi connectivity index (χ1v) is 5.39. The summed E-state index contributed by atoms with van der Waals surface area (Å²) in [5.74, 6) is 0. The van der Waals surface area contributed by atoms with Gasteiger partial charge in [-0.05, 0) is 12.5 Å². The number of aliphatic hydroxyl groups excluding tert-OH is 1. The molecule has 1 N–H and O–H groups in total. The molecular weight excluding hydrogens is 304 g/mol. The number of carbonyl (C=O) groups is 1. The van der Waals surface area contributed by atoms with E-state index >= 15 is 0 Å². The van der Waals surface area contributed by atoms with Crippen LogP contribution in [0.2, 0.25) is 0 Å². The van der Waals surface area contributed by atoms with Gasteiger partial charge in [0.15, 0.2) is 0 Å². The summed E-state index contributed by atoms with van der Waals surface area (Å²) < 4.78 is 22.5. The van der Waals surface area contributed by atoms with Crippen LogP contribution < -0.4 is 0 Å². The van der Waals surface area contributed by atoms with Crippen molar-refractivity contribution in [2.24, 2.45) is 0 Å². The Kier molecular flexibility index (Phi) is 67.4. The zero-order valence-corrected chi connectivity index (χ0v) is 12.3. The van der Waals surface area contributed by atoms with Crippen molar-refractivity contribution < 1.29 is 40.9 Å². The first-order valence-electron chi connectivity index (χ1n) is 5.39. The maximum atomic E-state index is 9.88. The van der Waals surface area contributed by atoms with Crippen LogP contribution in [0.4, 0.5) is 0 Å². The minimum atomic E-state index is -0.372. The summed E-state index contributed by atoms with van der Waals surface area (Å²) in [5.41, 5.74) is 0. The van der Waals surface area contributed by atoms with Gasteiger partial charge in [0.2, 0.25) is 0 Å². The summed E-state index contributed by atoms with van der Waals surface area (Å²) in [4.78, 5) is 9.88. The third kappa shape index (κ3) is 43.6. The van der Waals surface area contributed by atoms with Gasteiger partial charge in [-0.25, -0.2) is 0 Å². The summed E-state index contributed by atoms with van der Waals surface area (Å²) in [6.07, 6.45) is 11.0. The summed E-state index contributed by atoms with van der Waals surface area (Å²) in [6, 6.07) is 0. The molecule has 0 saturated heterocycles. The zero-order chi connectivity index (χ0) is 15.9. The average Bonchev–Trinajstić information content (AvgIpc) is 2.50. The van der Waals surface area contributed by atoms with Gasteiger partial charge in [-0.3, -0.25) is 4.79 Å². The van der Waals surface area contributed by atoms with Crippen molar-refractivity contribution in [3.63, 3.8) is 0 Å². The molecule has 0 aromatic carbocycles. The molecule has 0 fully saturated rings. The van der Waals surface area contributed by atoms with Crippen LogP contribution in [0.15, 0.2) is 24.3 Å². The third-order valence-corrected chi connectivity index (χ3v) is 1.74. The van der Waals surface area contributed by atoms with Crippen molar-refractivity contribution in [2.45, 2.75) is 38.7 Å². The predicted octanol–water partition coefficient (Wildman–Crippen LogP) is 2.12. The Morgan fingerprint density at radius 2 is 1.50 bits per heavy atom. The topological polar surface area (TPSA) is 97.0 Å². The first kappa shape index (κ1) is 31.3. The van der Waals surface area contributed by atoms with Crippen molar-refractivity contribution in [3.05, 3.63) is 44.3 Å². The van der Waals surface area contributed by atoms with E-state index in [0.29, 0.717) is 6.29 Å². The van der Waals surface area contributed by atoms with E-state index in [0.717, 1.165) is 19.3 Å². The fraction of sp³-hybridized carbons (Fsp3) is 0.429. The van der Waals surface area contributed by atoms with Gasteiger partial charge in [0.1, 0.15) is 6.29 Å².